The van der Waals surface area contributed by atoms with Crippen LogP contribution in [0.4, 0.5) is 0 Å². The van der Waals surface area contributed by atoms with E-state index in [2.05, 4.69) is 15.9 Å². The molecule has 2 rings (SSSR count). The van der Waals surface area contributed by atoms with Gasteiger partial charge in [-0.15, -0.1) is 22.7 Å². The molecule has 3 nitrogen and oxygen atoms in total. The Morgan fingerprint density at radius 3 is 2.56 bits per heavy atom. The minimum atomic E-state index is -3.40. The van der Waals surface area contributed by atoms with Crippen LogP contribution in [0.15, 0.2) is 37.6 Å². The Labute approximate surface area is 123 Å². The van der Waals surface area contributed by atoms with Gasteiger partial charge in [0.25, 0.3) is 10.0 Å². The summed E-state index contributed by atoms with van der Waals surface area (Å²) < 4.78 is 27.5. The van der Waals surface area contributed by atoms with Crippen LogP contribution < -0.4 is 0 Å². The minimum Gasteiger partial charge on any atom is -0.206 e. The van der Waals surface area contributed by atoms with Crippen LogP contribution >= 0.6 is 38.6 Å². The molecule has 0 saturated heterocycles. The predicted octanol–water partition coefficient (Wildman–Crippen LogP) is 3.78. The van der Waals surface area contributed by atoms with Gasteiger partial charge in [-0.05, 0) is 38.8 Å². The highest BCUT2D eigenvalue weighted by molar-refractivity contribution is 9.10. The quantitative estimate of drug-likeness (QED) is 0.808. The van der Waals surface area contributed by atoms with Gasteiger partial charge in [-0.1, -0.05) is 13.0 Å². The van der Waals surface area contributed by atoms with Gasteiger partial charge in [-0.25, -0.2) is 8.42 Å². The smallest absolute Gasteiger partial charge is 0.206 e. The molecular formula is C11H12BrNO2S3. The third kappa shape index (κ3) is 2.85. The first-order valence-electron chi connectivity index (χ1n) is 5.31. The summed E-state index contributed by atoms with van der Waals surface area (Å²) in [5.74, 6) is 0. The van der Waals surface area contributed by atoms with Gasteiger partial charge in [0.2, 0.25) is 0 Å². The van der Waals surface area contributed by atoms with Gasteiger partial charge in [0.15, 0.2) is 0 Å². The molecule has 0 aromatic carbocycles. The Hall–Kier alpha value is -0.210. The number of hydrogen-bond acceptors (Lipinski definition) is 4. The minimum absolute atomic E-state index is 0.376. The monoisotopic (exact) mass is 365 g/mol. The van der Waals surface area contributed by atoms with Crippen LogP contribution in [-0.4, -0.2) is 19.3 Å². The lowest BCUT2D eigenvalue weighted by atomic mass is 10.4. The first kappa shape index (κ1) is 14.2. The van der Waals surface area contributed by atoms with Crippen molar-refractivity contribution in [1.82, 2.24) is 4.31 Å². The second kappa shape index (κ2) is 5.83. The summed E-state index contributed by atoms with van der Waals surface area (Å²) in [4.78, 5) is 1.05. The van der Waals surface area contributed by atoms with Crippen molar-refractivity contribution in [3.63, 3.8) is 0 Å². The van der Waals surface area contributed by atoms with Crippen LogP contribution in [0.1, 0.15) is 11.8 Å². The van der Waals surface area contributed by atoms with E-state index in [0.29, 0.717) is 21.8 Å². The number of hydrogen-bond donors (Lipinski definition) is 0. The van der Waals surface area contributed by atoms with Crippen molar-refractivity contribution < 1.29 is 8.42 Å². The summed E-state index contributed by atoms with van der Waals surface area (Å²) >= 11 is 6.09. The molecule has 0 N–H and O–H groups in total. The lowest BCUT2D eigenvalue weighted by Gasteiger charge is -2.19. The molecule has 0 radical (unpaired) electrons. The fourth-order valence-corrected chi connectivity index (χ4v) is 6.20. The molecule has 2 aromatic rings. The van der Waals surface area contributed by atoms with Crippen molar-refractivity contribution in [2.45, 2.75) is 17.7 Å². The molecule has 2 heterocycles. The second-order valence-electron chi connectivity index (χ2n) is 3.57. The summed E-state index contributed by atoms with van der Waals surface area (Å²) in [6.45, 7) is 2.75. The van der Waals surface area contributed by atoms with Crippen LogP contribution in [-0.2, 0) is 16.6 Å². The van der Waals surface area contributed by atoms with Crippen LogP contribution in [0.25, 0.3) is 0 Å². The highest BCUT2D eigenvalue weighted by atomic mass is 79.9. The predicted molar refractivity (Wildman–Crippen MR) is 79.6 cm³/mol. The molecule has 0 aliphatic heterocycles. The highest BCUT2D eigenvalue weighted by Gasteiger charge is 2.26. The van der Waals surface area contributed by atoms with Crippen LogP contribution in [0.5, 0.6) is 0 Å². The maximum atomic E-state index is 12.5. The number of halogens is 1. The molecule has 7 heteroatoms. The van der Waals surface area contributed by atoms with Crippen molar-refractivity contribution in [3.05, 3.63) is 38.3 Å². The van der Waals surface area contributed by atoms with E-state index in [4.69, 9.17) is 0 Å². The van der Waals surface area contributed by atoms with E-state index < -0.39 is 10.0 Å². The summed E-state index contributed by atoms with van der Waals surface area (Å²) in [7, 11) is -3.40. The molecule has 0 fully saturated rings. The highest BCUT2D eigenvalue weighted by Crippen LogP contribution is 2.31. The van der Waals surface area contributed by atoms with Crippen molar-refractivity contribution in [2.75, 3.05) is 6.54 Å². The van der Waals surface area contributed by atoms with Crippen molar-refractivity contribution >= 4 is 48.6 Å². The third-order valence-corrected chi connectivity index (χ3v) is 7.85. The first-order valence-corrected chi connectivity index (χ1v) is 9.30. The van der Waals surface area contributed by atoms with Crippen LogP contribution in [0, 0.1) is 0 Å². The van der Waals surface area contributed by atoms with Gasteiger partial charge in [-0.3, -0.25) is 0 Å². The Morgan fingerprint density at radius 2 is 2.06 bits per heavy atom. The number of rotatable bonds is 5. The molecule has 0 atom stereocenters. The summed E-state index contributed by atoms with van der Waals surface area (Å²) in [5.41, 5.74) is 0. The SMILES string of the molecule is CCN(Cc1cccs1)S(=O)(=O)c1sccc1Br. The molecule has 2 aromatic heterocycles. The van der Waals surface area contributed by atoms with Gasteiger partial charge in [0.1, 0.15) is 4.21 Å². The van der Waals surface area contributed by atoms with Gasteiger partial charge in [0.05, 0.1) is 0 Å². The van der Waals surface area contributed by atoms with Gasteiger partial charge < -0.3 is 0 Å². The maximum absolute atomic E-state index is 12.5. The maximum Gasteiger partial charge on any atom is 0.254 e. The molecular weight excluding hydrogens is 354 g/mol. The van der Waals surface area contributed by atoms with Crippen molar-refractivity contribution in [3.8, 4) is 0 Å². The Kier molecular flexibility index (Phi) is 4.60. The van der Waals surface area contributed by atoms with Gasteiger partial charge >= 0.3 is 0 Å². The fourth-order valence-electron chi connectivity index (χ4n) is 1.52. The standard InChI is InChI=1S/C11H12BrNO2S3/c1-2-13(8-9-4-3-6-16-9)18(14,15)11-10(12)5-7-17-11/h3-7H,2,8H2,1H3. The van der Waals surface area contributed by atoms with E-state index in [9.17, 15) is 8.42 Å². The van der Waals surface area contributed by atoms with Crippen LogP contribution in [0.2, 0.25) is 0 Å². The summed E-state index contributed by atoms with van der Waals surface area (Å²) in [5, 5.41) is 3.73. The zero-order chi connectivity index (χ0) is 13.2. The third-order valence-electron chi connectivity index (χ3n) is 2.42. The average molecular weight is 366 g/mol. The molecule has 98 valence electrons. The Bertz CT molecular complexity index is 604. The van der Waals surface area contributed by atoms with Gasteiger partial charge in [0, 0.05) is 22.4 Å². The van der Waals surface area contributed by atoms with E-state index in [1.165, 1.54) is 15.6 Å². The molecule has 0 bridgehead atoms. The van der Waals surface area contributed by atoms with E-state index in [0.717, 1.165) is 4.88 Å². The summed E-state index contributed by atoms with van der Waals surface area (Å²) in [6.07, 6.45) is 0. The zero-order valence-electron chi connectivity index (χ0n) is 9.67. The molecule has 0 spiro atoms. The molecule has 0 amide bonds. The fraction of sp³-hybridized carbons (Fsp3) is 0.273. The molecule has 0 saturated carbocycles. The largest absolute Gasteiger partial charge is 0.254 e. The molecule has 0 unspecified atom stereocenters. The molecule has 0 aliphatic rings. The van der Waals surface area contributed by atoms with E-state index in [-0.39, 0.29) is 0 Å². The first-order chi connectivity index (χ1) is 8.55. The van der Waals surface area contributed by atoms with E-state index in [1.54, 1.807) is 22.8 Å². The Morgan fingerprint density at radius 1 is 1.28 bits per heavy atom. The topological polar surface area (TPSA) is 37.4 Å². The lowest BCUT2D eigenvalue weighted by molar-refractivity contribution is 0.427. The molecule has 18 heavy (non-hydrogen) atoms. The zero-order valence-corrected chi connectivity index (χ0v) is 13.7. The van der Waals surface area contributed by atoms with Crippen LogP contribution in [0.3, 0.4) is 0 Å². The normalized spacial score (nSPS) is 12.2. The van der Waals surface area contributed by atoms with E-state index >= 15 is 0 Å². The lowest BCUT2D eigenvalue weighted by Crippen LogP contribution is -2.29. The molecule has 0 aliphatic carbocycles. The van der Waals surface area contributed by atoms with Crippen molar-refractivity contribution in [1.29, 1.82) is 0 Å². The Balaban J connectivity index is 2.30. The number of thiophene rings is 2. The average Bonchev–Trinajstić information content (AvgIpc) is 2.96. The van der Waals surface area contributed by atoms with E-state index in [1.807, 2.05) is 24.4 Å². The van der Waals surface area contributed by atoms with Crippen molar-refractivity contribution in [2.24, 2.45) is 0 Å². The second-order valence-corrected chi connectivity index (χ2v) is 8.50. The number of sulfonamides is 1. The summed E-state index contributed by atoms with van der Waals surface area (Å²) in [6, 6.07) is 5.64. The number of nitrogens with zero attached hydrogens (tertiary/aromatic N) is 1. The van der Waals surface area contributed by atoms with Gasteiger partial charge in [-0.2, -0.15) is 4.31 Å².